The van der Waals surface area contributed by atoms with E-state index >= 15 is 0 Å². The Balaban J connectivity index is 2.06. The number of hydrogen-bond donors (Lipinski definition) is 1. The molecule has 0 aromatic heterocycles. The van der Waals surface area contributed by atoms with Crippen LogP contribution in [-0.4, -0.2) is 68.2 Å². The number of likely N-dealkylation sites (N-methyl/N-ethyl adjacent to an activating group) is 2. The van der Waals surface area contributed by atoms with Crippen molar-refractivity contribution < 1.29 is 19.1 Å². The van der Waals surface area contributed by atoms with E-state index in [2.05, 4.69) is 10.2 Å². The number of carbonyl (C=O) groups is 2. The Morgan fingerprint density at radius 3 is 2.33 bits per heavy atom. The first-order valence-corrected chi connectivity index (χ1v) is 8.00. The van der Waals surface area contributed by atoms with Crippen molar-refractivity contribution in [2.75, 3.05) is 40.9 Å². The number of likely N-dealkylation sites (tertiary alicyclic amines) is 1. The molecule has 0 aliphatic carbocycles. The van der Waals surface area contributed by atoms with Gasteiger partial charge in [0.1, 0.15) is 17.0 Å². The van der Waals surface area contributed by atoms with Crippen LogP contribution in [-0.2, 0) is 4.79 Å². The number of carbonyl (C=O) groups excluding carboxylic acids is 2. The zero-order valence-electron chi connectivity index (χ0n) is 14.5. The normalized spacial score (nSPS) is 27.0. The molecule has 7 heteroatoms. The third-order valence-corrected chi connectivity index (χ3v) is 4.90. The predicted molar refractivity (Wildman–Crippen MR) is 88.4 cm³/mol. The number of rotatable bonds is 4. The third-order valence-electron chi connectivity index (χ3n) is 4.90. The second-order valence-electron chi connectivity index (χ2n) is 6.35. The molecule has 2 saturated heterocycles. The Hall–Kier alpha value is -2.28. The van der Waals surface area contributed by atoms with Crippen LogP contribution in [0.4, 0.5) is 4.79 Å². The molecule has 0 unspecified atom stereocenters. The van der Waals surface area contributed by atoms with Gasteiger partial charge in [-0.1, -0.05) is 0 Å². The Morgan fingerprint density at radius 2 is 1.83 bits per heavy atom. The van der Waals surface area contributed by atoms with Crippen molar-refractivity contribution in [1.29, 1.82) is 0 Å². The fourth-order valence-corrected chi connectivity index (χ4v) is 3.76. The molecule has 2 fully saturated rings. The monoisotopic (exact) mass is 333 g/mol. The number of methoxy groups -OCH3 is 2. The molecule has 2 aliphatic heterocycles. The summed E-state index contributed by atoms with van der Waals surface area (Å²) in [5.41, 5.74) is -0.0127. The molecule has 1 spiro atoms. The molecule has 1 aromatic carbocycles. The summed E-state index contributed by atoms with van der Waals surface area (Å²) in [4.78, 5) is 28.5. The summed E-state index contributed by atoms with van der Waals surface area (Å²) in [5, 5.41) is 2.95. The number of imide groups is 1. The van der Waals surface area contributed by atoms with Crippen molar-refractivity contribution in [1.82, 2.24) is 15.1 Å². The topological polar surface area (TPSA) is 71.1 Å². The van der Waals surface area contributed by atoms with Crippen molar-refractivity contribution in [3.8, 4) is 11.5 Å². The van der Waals surface area contributed by atoms with Gasteiger partial charge in [-0.05, 0) is 31.7 Å². The number of urea groups is 1. The maximum Gasteiger partial charge on any atom is 0.325 e. The van der Waals surface area contributed by atoms with Gasteiger partial charge in [0.15, 0.2) is 0 Å². The van der Waals surface area contributed by atoms with E-state index in [0.717, 1.165) is 5.56 Å². The Morgan fingerprint density at radius 1 is 1.21 bits per heavy atom. The third kappa shape index (κ3) is 2.39. The molecule has 0 radical (unpaired) electrons. The molecular formula is C17H23N3O4. The highest BCUT2D eigenvalue weighted by Crippen LogP contribution is 2.41. The second-order valence-corrected chi connectivity index (χ2v) is 6.35. The van der Waals surface area contributed by atoms with E-state index in [-0.39, 0.29) is 17.9 Å². The molecule has 2 aliphatic rings. The second kappa shape index (κ2) is 5.98. The van der Waals surface area contributed by atoms with E-state index in [1.807, 2.05) is 19.2 Å². The van der Waals surface area contributed by atoms with Crippen LogP contribution >= 0.6 is 0 Å². The van der Waals surface area contributed by atoms with E-state index < -0.39 is 5.54 Å². The van der Waals surface area contributed by atoms with Crippen LogP contribution in [0.1, 0.15) is 18.4 Å². The number of amides is 3. The zero-order valence-corrected chi connectivity index (χ0v) is 14.5. The molecule has 1 N–H and O–H groups in total. The largest absolute Gasteiger partial charge is 0.497 e. The lowest BCUT2D eigenvalue weighted by Crippen LogP contribution is -2.52. The maximum absolute atomic E-state index is 13.0. The van der Waals surface area contributed by atoms with E-state index in [4.69, 9.17) is 9.47 Å². The van der Waals surface area contributed by atoms with Crippen LogP contribution in [0.3, 0.4) is 0 Å². The predicted octanol–water partition coefficient (Wildman–Crippen LogP) is 1.04. The minimum atomic E-state index is -0.931. The molecule has 2 atom stereocenters. The summed E-state index contributed by atoms with van der Waals surface area (Å²) in [6, 6.07) is 5.28. The van der Waals surface area contributed by atoms with Gasteiger partial charge >= 0.3 is 6.03 Å². The van der Waals surface area contributed by atoms with Crippen LogP contribution < -0.4 is 14.8 Å². The summed E-state index contributed by atoms with van der Waals surface area (Å²) in [6.45, 7) is 3.32. The Kier molecular flexibility index (Phi) is 4.13. The van der Waals surface area contributed by atoms with Crippen molar-refractivity contribution in [2.45, 2.75) is 18.4 Å². The number of hydrogen-bond acceptors (Lipinski definition) is 5. The van der Waals surface area contributed by atoms with Crippen LogP contribution in [0.15, 0.2) is 18.2 Å². The first-order chi connectivity index (χ1) is 11.4. The van der Waals surface area contributed by atoms with E-state index in [1.165, 1.54) is 4.90 Å². The van der Waals surface area contributed by atoms with Crippen LogP contribution in [0.25, 0.3) is 0 Å². The highest BCUT2D eigenvalue weighted by molar-refractivity contribution is 6.08. The average Bonchev–Trinajstić information content (AvgIpc) is 3.03. The van der Waals surface area contributed by atoms with E-state index in [1.54, 1.807) is 27.2 Å². The van der Waals surface area contributed by atoms with Crippen LogP contribution in [0.5, 0.6) is 11.5 Å². The molecule has 1 aromatic rings. The van der Waals surface area contributed by atoms with Crippen molar-refractivity contribution in [3.05, 3.63) is 23.8 Å². The minimum Gasteiger partial charge on any atom is -0.497 e. The molecule has 3 rings (SSSR count). The van der Waals surface area contributed by atoms with Gasteiger partial charge < -0.3 is 19.7 Å². The quantitative estimate of drug-likeness (QED) is 0.834. The standard InChI is InChI=1S/C17H23N3O4/c1-5-20-15(21)17(18-16(20)22)10-19(2)9-14(17)11-6-12(23-3)8-13(7-11)24-4/h6-8,14H,5,9-10H2,1-4H3,(H,18,22)/t14-,17-/m1/s1. The fourth-order valence-electron chi connectivity index (χ4n) is 3.76. The Bertz CT molecular complexity index is 656. The summed E-state index contributed by atoms with van der Waals surface area (Å²) < 4.78 is 10.7. The molecule has 0 bridgehead atoms. The smallest absolute Gasteiger partial charge is 0.325 e. The summed E-state index contributed by atoms with van der Waals surface area (Å²) in [7, 11) is 5.14. The van der Waals surface area contributed by atoms with Crippen molar-refractivity contribution >= 4 is 11.9 Å². The molecular weight excluding hydrogens is 310 g/mol. The zero-order chi connectivity index (χ0) is 17.5. The highest BCUT2D eigenvalue weighted by Gasteiger charge is 2.59. The number of nitrogens with zero attached hydrogens (tertiary/aromatic N) is 2. The summed E-state index contributed by atoms with van der Waals surface area (Å²) in [6.07, 6.45) is 0. The molecule has 7 nitrogen and oxygen atoms in total. The molecule has 130 valence electrons. The van der Waals surface area contributed by atoms with Gasteiger partial charge in [0.05, 0.1) is 14.2 Å². The van der Waals surface area contributed by atoms with Gasteiger partial charge in [-0.3, -0.25) is 9.69 Å². The van der Waals surface area contributed by atoms with Gasteiger partial charge in [-0.15, -0.1) is 0 Å². The van der Waals surface area contributed by atoms with Gasteiger partial charge in [0.25, 0.3) is 5.91 Å². The minimum absolute atomic E-state index is 0.161. The van der Waals surface area contributed by atoms with Gasteiger partial charge in [0.2, 0.25) is 0 Å². The van der Waals surface area contributed by atoms with E-state index in [0.29, 0.717) is 31.1 Å². The van der Waals surface area contributed by atoms with Crippen molar-refractivity contribution in [2.24, 2.45) is 0 Å². The van der Waals surface area contributed by atoms with Crippen LogP contribution in [0.2, 0.25) is 0 Å². The van der Waals surface area contributed by atoms with Gasteiger partial charge in [-0.2, -0.15) is 0 Å². The molecule has 3 amide bonds. The molecule has 2 heterocycles. The fraction of sp³-hybridized carbons (Fsp3) is 0.529. The molecule has 0 saturated carbocycles. The first-order valence-electron chi connectivity index (χ1n) is 8.00. The van der Waals surface area contributed by atoms with Gasteiger partial charge in [0, 0.05) is 31.6 Å². The lowest BCUT2D eigenvalue weighted by Gasteiger charge is -2.28. The molecule has 24 heavy (non-hydrogen) atoms. The Labute approximate surface area is 141 Å². The number of ether oxygens (including phenoxy) is 2. The maximum atomic E-state index is 13.0. The summed E-state index contributed by atoms with van der Waals surface area (Å²) in [5.74, 6) is 1.00. The van der Waals surface area contributed by atoms with Crippen LogP contribution in [0, 0.1) is 0 Å². The SMILES string of the molecule is CCN1C(=O)N[C@@]2(CN(C)C[C@@H]2c2cc(OC)cc(OC)c2)C1=O. The van der Waals surface area contributed by atoms with Crippen molar-refractivity contribution in [3.63, 3.8) is 0 Å². The number of benzene rings is 1. The number of nitrogens with one attached hydrogen (secondary N) is 1. The lowest BCUT2D eigenvalue weighted by atomic mass is 9.81. The lowest BCUT2D eigenvalue weighted by molar-refractivity contribution is -0.131. The average molecular weight is 333 g/mol. The highest BCUT2D eigenvalue weighted by atomic mass is 16.5. The van der Waals surface area contributed by atoms with Gasteiger partial charge in [-0.25, -0.2) is 4.79 Å². The summed E-state index contributed by atoms with van der Waals surface area (Å²) >= 11 is 0. The first kappa shape index (κ1) is 16.6. The van der Waals surface area contributed by atoms with E-state index in [9.17, 15) is 9.59 Å².